The molecule has 5 rings (SSSR count). The standard InChI is InChI=1S/C27H30N/c1-16-12-22-25(28(7)15-16)24-17(2)23-19(13-18-10-8-9-11-20(18)23)14-21(24)26(3,4)27(22,5)6/h8-12,14-15H,13H2,1-7H3/q+1/i1D3. The van der Waals surface area contributed by atoms with Gasteiger partial charge in [-0.25, -0.2) is 4.57 Å². The lowest BCUT2D eigenvalue weighted by Crippen LogP contribution is -2.48. The highest BCUT2D eigenvalue weighted by molar-refractivity contribution is 5.88. The van der Waals surface area contributed by atoms with Crippen molar-refractivity contribution in [3.8, 4) is 22.4 Å². The van der Waals surface area contributed by atoms with E-state index in [0.29, 0.717) is 5.56 Å². The van der Waals surface area contributed by atoms with E-state index in [1.165, 1.54) is 38.9 Å². The van der Waals surface area contributed by atoms with Gasteiger partial charge in [-0.2, -0.15) is 0 Å². The number of hydrogen-bond donors (Lipinski definition) is 0. The third kappa shape index (κ3) is 2.00. The molecule has 1 heteroatoms. The number of fused-ring (bicyclic) bond motifs is 6. The smallest absolute Gasteiger partial charge is 0.200 e. The zero-order valence-corrected chi connectivity index (χ0v) is 17.7. The minimum atomic E-state index is -2.13. The molecule has 0 saturated heterocycles. The van der Waals surface area contributed by atoms with E-state index in [4.69, 9.17) is 4.11 Å². The third-order valence-electron chi connectivity index (χ3n) is 7.71. The molecule has 0 bridgehead atoms. The molecule has 0 unspecified atom stereocenters. The van der Waals surface area contributed by atoms with Gasteiger partial charge in [0.25, 0.3) is 0 Å². The minimum absolute atomic E-state index is 0.149. The molecule has 0 radical (unpaired) electrons. The summed E-state index contributed by atoms with van der Waals surface area (Å²) in [5.74, 6) is 0. The first-order chi connectivity index (χ1) is 14.4. The van der Waals surface area contributed by atoms with Crippen LogP contribution in [-0.2, 0) is 24.3 Å². The Hall–Kier alpha value is -2.41. The summed E-state index contributed by atoms with van der Waals surface area (Å²) in [6, 6.07) is 13.1. The maximum atomic E-state index is 8.00. The lowest BCUT2D eigenvalue weighted by molar-refractivity contribution is -0.661. The van der Waals surface area contributed by atoms with Crippen molar-refractivity contribution in [1.82, 2.24) is 0 Å². The molecule has 0 spiro atoms. The van der Waals surface area contributed by atoms with Crippen LogP contribution in [0.25, 0.3) is 22.4 Å². The van der Waals surface area contributed by atoms with Gasteiger partial charge in [-0.05, 0) is 65.1 Å². The normalized spacial score (nSPS) is 19.6. The fraction of sp³-hybridized carbons (Fsp3) is 0.370. The van der Waals surface area contributed by atoms with Gasteiger partial charge in [-0.3, -0.25) is 0 Å². The Morgan fingerprint density at radius 1 is 0.929 bits per heavy atom. The van der Waals surface area contributed by atoms with Crippen molar-refractivity contribution >= 4 is 0 Å². The second-order valence-electron chi connectivity index (χ2n) is 9.64. The van der Waals surface area contributed by atoms with Crippen LogP contribution in [0.15, 0.2) is 42.6 Å². The molecule has 0 N–H and O–H groups in total. The highest BCUT2D eigenvalue weighted by atomic mass is 14.9. The fourth-order valence-corrected chi connectivity index (χ4v) is 5.51. The van der Waals surface area contributed by atoms with Gasteiger partial charge in [0.05, 0.1) is 5.56 Å². The van der Waals surface area contributed by atoms with Crippen molar-refractivity contribution in [3.63, 3.8) is 0 Å². The third-order valence-corrected chi connectivity index (χ3v) is 7.71. The predicted octanol–water partition coefficient (Wildman–Crippen LogP) is 5.93. The molecular formula is C27H30N+. The topological polar surface area (TPSA) is 3.88 Å². The maximum absolute atomic E-state index is 8.00. The predicted molar refractivity (Wildman–Crippen MR) is 117 cm³/mol. The molecule has 2 aromatic carbocycles. The molecule has 0 amide bonds. The Labute approximate surface area is 173 Å². The number of hydrogen-bond acceptors (Lipinski definition) is 0. The summed E-state index contributed by atoms with van der Waals surface area (Å²) in [5, 5.41) is 0. The molecule has 0 aliphatic heterocycles. The average molecular weight is 372 g/mol. The highest BCUT2D eigenvalue weighted by Crippen LogP contribution is 2.56. The lowest BCUT2D eigenvalue weighted by atomic mass is 9.55. The first-order valence-electron chi connectivity index (χ1n) is 11.7. The minimum Gasteiger partial charge on any atom is -0.200 e. The molecule has 28 heavy (non-hydrogen) atoms. The Bertz CT molecular complexity index is 1260. The van der Waals surface area contributed by atoms with Crippen LogP contribution in [0, 0.1) is 13.8 Å². The molecule has 2 aliphatic carbocycles. The quantitative estimate of drug-likeness (QED) is 0.337. The molecule has 0 saturated carbocycles. The molecule has 2 aliphatic rings. The number of aryl methyl sites for hydroxylation is 2. The van der Waals surface area contributed by atoms with Crippen LogP contribution in [0.4, 0.5) is 0 Å². The summed E-state index contributed by atoms with van der Waals surface area (Å²) in [7, 11) is 1.99. The summed E-state index contributed by atoms with van der Waals surface area (Å²) in [4.78, 5) is 0. The maximum Gasteiger partial charge on any atom is 0.216 e. The average Bonchev–Trinajstić information content (AvgIpc) is 3.04. The molecule has 1 heterocycles. The highest BCUT2D eigenvalue weighted by Gasteiger charge is 2.50. The largest absolute Gasteiger partial charge is 0.216 e. The summed E-state index contributed by atoms with van der Waals surface area (Å²) in [6.07, 6.45) is 2.78. The van der Waals surface area contributed by atoms with E-state index in [9.17, 15) is 0 Å². The monoisotopic (exact) mass is 371 g/mol. The molecule has 1 nitrogen and oxygen atoms in total. The van der Waals surface area contributed by atoms with Gasteiger partial charge in [-0.1, -0.05) is 58.0 Å². The number of benzene rings is 2. The van der Waals surface area contributed by atoms with Gasteiger partial charge in [0.2, 0.25) is 5.69 Å². The van der Waals surface area contributed by atoms with Crippen LogP contribution in [0.2, 0.25) is 0 Å². The van der Waals surface area contributed by atoms with E-state index >= 15 is 0 Å². The SMILES string of the molecule is [2H]C([2H])([2H])c1cc2c([n+](C)c1)-c1c(cc3c(c1C)-c1ccccc1C3)C(C)(C)C2(C)C. The summed E-state index contributed by atoms with van der Waals surface area (Å²) < 4.78 is 26.1. The van der Waals surface area contributed by atoms with Crippen molar-refractivity contribution in [2.75, 3.05) is 0 Å². The van der Waals surface area contributed by atoms with Crippen molar-refractivity contribution in [1.29, 1.82) is 0 Å². The number of nitrogens with zero attached hydrogens (tertiary/aromatic N) is 1. The van der Waals surface area contributed by atoms with Crippen LogP contribution in [0.1, 0.15) is 65.2 Å². The number of pyridine rings is 1. The van der Waals surface area contributed by atoms with Gasteiger partial charge >= 0.3 is 0 Å². The van der Waals surface area contributed by atoms with E-state index in [2.05, 4.69) is 65.0 Å². The van der Waals surface area contributed by atoms with Gasteiger partial charge in [0.15, 0.2) is 6.20 Å². The first kappa shape index (κ1) is 14.6. The van der Waals surface area contributed by atoms with E-state index < -0.39 is 6.85 Å². The zero-order valence-electron chi connectivity index (χ0n) is 20.7. The van der Waals surface area contributed by atoms with Crippen LogP contribution in [-0.4, -0.2) is 0 Å². The van der Waals surface area contributed by atoms with E-state index in [1.54, 1.807) is 6.20 Å². The van der Waals surface area contributed by atoms with E-state index in [1.807, 2.05) is 17.7 Å². The molecule has 0 atom stereocenters. The Balaban J connectivity index is 1.91. The molecule has 0 fully saturated rings. The molecular weight excluding hydrogens is 338 g/mol. The van der Waals surface area contributed by atoms with Crippen molar-refractivity contribution < 1.29 is 8.68 Å². The summed E-state index contributed by atoms with van der Waals surface area (Å²) in [5.41, 5.74) is 11.7. The number of rotatable bonds is 0. The summed E-state index contributed by atoms with van der Waals surface area (Å²) >= 11 is 0. The van der Waals surface area contributed by atoms with Crippen molar-refractivity contribution in [3.05, 3.63) is 76.0 Å². The Morgan fingerprint density at radius 3 is 2.39 bits per heavy atom. The van der Waals surface area contributed by atoms with Gasteiger partial charge in [-0.15, -0.1) is 0 Å². The lowest BCUT2D eigenvalue weighted by Gasteiger charge is -2.47. The second-order valence-corrected chi connectivity index (χ2v) is 9.64. The first-order valence-corrected chi connectivity index (χ1v) is 10.2. The Kier molecular flexibility index (Phi) is 2.78. The van der Waals surface area contributed by atoms with Gasteiger partial charge in [0, 0.05) is 20.7 Å². The van der Waals surface area contributed by atoms with E-state index in [-0.39, 0.29) is 10.8 Å². The molecule has 3 aromatic rings. The van der Waals surface area contributed by atoms with Crippen LogP contribution in [0.3, 0.4) is 0 Å². The Morgan fingerprint density at radius 2 is 1.64 bits per heavy atom. The van der Waals surface area contributed by atoms with E-state index in [0.717, 1.165) is 17.7 Å². The second kappa shape index (κ2) is 5.35. The van der Waals surface area contributed by atoms with Crippen LogP contribution < -0.4 is 4.57 Å². The molecule has 142 valence electrons. The van der Waals surface area contributed by atoms with Crippen LogP contribution >= 0.6 is 0 Å². The van der Waals surface area contributed by atoms with Gasteiger partial charge in [0.1, 0.15) is 7.05 Å². The van der Waals surface area contributed by atoms with Crippen LogP contribution in [0.5, 0.6) is 0 Å². The zero-order chi connectivity index (χ0) is 22.5. The van der Waals surface area contributed by atoms with Crippen molar-refractivity contribution in [2.24, 2.45) is 7.05 Å². The van der Waals surface area contributed by atoms with Crippen molar-refractivity contribution in [2.45, 2.75) is 58.7 Å². The summed E-state index contributed by atoms with van der Waals surface area (Å²) in [6.45, 7) is 9.26. The molecule has 1 aromatic heterocycles. The number of aromatic nitrogens is 1. The fourth-order valence-electron chi connectivity index (χ4n) is 5.51. The van der Waals surface area contributed by atoms with Gasteiger partial charge < -0.3 is 0 Å².